The average Bonchev–Trinajstić information content (AvgIpc) is 2.13. The van der Waals surface area contributed by atoms with Gasteiger partial charge in [-0.05, 0) is 32.1 Å². The van der Waals surface area contributed by atoms with Crippen LogP contribution in [0.3, 0.4) is 0 Å². The van der Waals surface area contributed by atoms with E-state index >= 15 is 0 Å². The van der Waals surface area contributed by atoms with Gasteiger partial charge in [0.15, 0.2) is 0 Å². The lowest BCUT2D eigenvalue weighted by Gasteiger charge is -2.32. The van der Waals surface area contributed by atoms with Gasteiger partial charge in [0, 0.05) is 18.5 Å². The number of hydrogen-bond donors (Lipinski definition) is 1. The number of nitrogens with one attached hydrogen (secondary N) is 1. The van der Waals surface area contributed by atoms with Gasteiger partial charge in [-0.3, -0.25) is 0 Å². The van der Waals surface area contributed by atoms with Crippen LogP contribution in [0.15, 0.2) is 6.07 Å². The molecule has 0 bridgehead atoms. The second-order valence-electron chi connectivity index (χ2n) is 4.87. The molecule has 4 heteroatoms. The first kappa shape index (κ1) is 12.6. The van der Waals surface area contributed by atoms with Crippen molar-refractivity contribution in [1.29, 1.82) is 0 Å². The molecule has 94 valence electrons. The van der Waals surface area contributed by atoms with Crippen molar-refractivity contribution in [2.45, 2.75) is 52.0 Å². The molecule has 1 heterocycles. The van der Waals surface area contributed by atoms with Crippen molar-refractivity contribution in [3.05, 3.63) is 17.0 Å². The van der Waals surface area contributed by atoms with Crippen molar-refractivity contribution >= 4 is 17.4 Å². The van der Waals surface area contributed by atoms with Crippen LogP contribution in [0.2, 0.25) is 5.15 Å². The van der Waals surface area contributed by atoms with E-state index in [4.69, 9.17) is 11.6 Å². The maximum Gasteiger partial charge on any atom is 0.134 e. The molecule has 2 rings (SSSR count). The molecular formula is C13H20ClN3. The summed E-state index contributed by atoms with van der Waals surface area (Å²) < 4.78 is 0. The van der Waals surface area contributed by atoms with Gasteiger partial charge in [0.1, 0.15) is 16.8 Å². The summed E-state index contributed by atoms with van der Waals surface area (Å²) in [5.74, 6) is 2.49. The summed E-state index contributed by atoms with van der Waals surface area (Å²) >= 11 is 6.01. The Morgan fingerprint density at radius 3 is 2.82 bits per heavy atom. The first-order valence-corrected chi connectivity index (χ1v) is 6.87. The van der Waals surface area contributed by atoms with Crippen LogP contribution in [0, 0.1) is 5.92 Å². The minimum Gasteiger partial charge on any atom is -0.367 e. The summed E-state index contributed by atoms with van der Waals surface area (Å²) in [6.45, 7) is 4.34. The first-order valence-electron chi connectivity index (χ1n) is 6.49. The molecule has 1 N–H and O–H groups in total. The fourth-order valence-corrected chi connectivity index (χ4v) is 2.37. The highest BCUT2D eigenvalue weighted by Gasteiger charge is 2.24. The number of anilines is 1. The van der Waals surface area contributed by atoms with E-state index in [1.807, 2.05) is 6.07 Å². The van der Waals surface area contributed by atoms with Crippen LogP contribution in [0.4, 0.5) is 5.82 Å². The summed E-state index contributed by atoms with van der Waals surface area (Å²) in [4.78, 5) is 8.72. The Morgan fingerprint density at radius 1 is 1.47 bits per heavy atom. The van der Waals surface area contributed by atoms with Gasteiger partial charge in [-0.2, -0.15) is 0 Å². The van der Waals surface area contributed by atoms with Crippen LogP contribution in [0.1, 0.15) is 45.4 Å². The zero-order valence-corrected chi connectivity index (χ0v) is 11.3. The van der Waals surface area contributed by atoms with Gasteiger partial charge in [0.05, 0.1) is 0 Å². The van der Waals surface area contributed by atoms with Gasteiger partial charge < -0.3 is 5.32 Å². The molecule has 0 aromatic carbocycles. The van der Waals surface area contributed by atoms with Crippen LogP contribution in [0.25, 0.3) is 0 Å². The lowest BCUT2D eigenvalue weighted by molar-refractivity contribution is 0.285. The standard InChI is InChI=1S/C13H20ClN3/c1-3-5-12-16-11(14)8-13(17-12)15-9(2)10-6-4-7-10/h8-10H,3-7H2,1-2H3,(H,15,16,17). The monoisotopic (exact) mass is 253 g/mol. The van der Waals surface area contributed by atoms with Crippen LogP contribution >= 0.6 is 11.6 Å². The molecule has 1 aromatic rings. The van der Waals surface area contributed by atoms with Crippen molar-refractivity contribution in [1.82, 2.24) is 9.97 Å². The number of rotatable bonds is 5. The molecule has 1 saturated carbocycles. The average molecular weight is 254 g/mol. The Bertz CT molecular complexity index is 377. The van der Waals surface area contributed by atoms with E-state index in [1.54, 1.807) is 0 Å². The Kier molecular flexibility index (Phi) is 4.21. The second-order valence-corrected chi connectivity index (χ2v) is 5.25. The van der Waals surface area contributed by atoms with E-state index in [0.717, 1.165) is 30.4 Å². The number of nitrogens with zero attached hydrogens (tertiary/aromatic N) is 2. The molecule has 1 aliphatic rings. The summed E-state index contributed by atoms with van der Waals surface area (Å²) in [7, 11) is 0. The fraction of sp³-hybridized carbons (Fsp3) is 0.692. The van der Waals surface area contributed by atoms with Crippen molar-refractivity contribution in [2.24, 2.45) is 5.92 Å². The summed E-state index contributed by atoms with van der Waals surface area (Å²) in [6.07, 6.45) is 5.94. The number of aromatic nitrogens is 2. The second kappa shape index (κ2) is 5.67. The van der Waals surface area contributed by atoms with Gasteiger partial charge in [-0.1, -0.05) is 24.9 Å². The minimum absolute atomic E-state index is 0.476. The molecule has 1 fully saturated rings. The van der Waals surface area contributed by atoms with Crippen LogP contribution in [-0.4, -0.2) is 16.0 Å². The third-order valence-corrected chi connectivity index (χ3v) is 3.64. The number of halogens is 1. The van der Waals surface area contributed by atoms with Crippen LogP contribution in [-0.2, 0) is 6.42 Å². The maximum absolute atomic E-state index is 6.01. The summed E-state index contributed by atoms with van der Waals surface area (Å²) in [5, 5.41) is 3.98. The maximum atomic E-state index is 6.01. The van der Waals surface area contributed by atoms with Crippen LogP contribution in [0.5, 0.6) is 0 Å². The Morgan fingerprint density at radius 2 is 2.24 bits per heavy atom. The molecule has 0 radical (unpaired) electrons. The zero-order chi connectivity index (χ0) is 12.3. The van der Waals surface area contributed by atoms with Gasteiger partial charge in [0.2, 0.25) is 0 Å². The van der Waals surface area contributed by atoms with Crippen molar-refractivity contribution in [3.63, 3.8) is 0 Å². The van der Waals surface area contributed by atoms with Gasteiger partial charge in [-0.15, -0.1) is 0 Å². The predicted molar refractivity (Wildman–Crippen MR) is 71.5 cm³/mol. The normalized spacial score (nSPS) is 17.6. The summed E-state index contributed by atoms with van der Waals surface area (Å²) in [6, 6.07) is 2.29. The van der Waals surface area contributed by atoms with E-state index < -0.39 is 0 Å². The van der Waals surface area contributed by atoms with E-state index in [0.29, 0.717) is 11.2 Å². The van der Waals surface area contributed by atoms with E-state index in [9.17, 15) is 0 Å². The molecule has 1 aromatic heterocycles. The Hall–Kier alpha value is -0.830. The highest BCUT2D eigenvalue weighted by molar-refractivity contribution is 6.29. The minimum atomic E-state index is 0.476. The van der Waals surface area contributed by atoms with Crippen molar-refractivity contribution < 1.29 is 0 Å². The molecule has 1 aliphatic carbocycles. The Labute approximate surface area is 108 Å². The van der Waals surface area contributed by atoms with Crippen molar-refractivity contribution in [3.8, 4) is 0 Å². The van der Waals surface area contributed by atoms with Gasteiger partial charge in [-0.25, -0.2) is 9.97 Å². The highest BCUT2D eigenvalue weighted by atomic mass is 35.5. The van der Waals surface area contributed by atoms with E-state index in [-0.39, 0.29) is 0 Å². The predicted octanol–water partition coefficient (Wildman–Crippen LogP) is 3.68. The molecule has 0 amide bonds. The molecular weight excluding hydrogens is 234 g/mol. The quantitative estimate of drug-likeness (QED) is 0.814. The van der Waals surface area contributed by atoms with Crippen molar-refractivity contribution in [2.75, 3.05) is 5.32 Å². The third-order valence-electron chi connectivity index (χ3n) is 3.45. The molecule has 17 heavy (non-hydrogen) atoms. The van der Waals surface area contributed by atoms with E-state index in [2.05, 4.69) is 29.1 Å². The van der Waals surface area contributed by atoms with Crippen LogP contribution < -0.4 is 5.32 Å². The van der Waals surface area contributed by atoms with Gasteiger partial charge >= 0.3 is 0 Å². The zero-order valence-electron chi connectivity index (χ0n) is 10.5. The SMILES string of the molecule is CCCc1nc(Cl)cc(NC(C)C2CCC2)n1. The number of aryl methyl sites for hydroxylation is 1. The van der Waals surface area contributed by atoms with E-state index in [1.165, 1.54) is 19.3 Å². The lowest BCUT2D eigenvalue weighted by Crippen LogP contribution is -2.31. The lowest BCUT2D eigenvalue weighted by atomic mass is 9.80. The molecule has 1 unspecified atom stereocenters. The third kappa shape index (κ3) is 3.32. The number of hydrogen-bond acceptors (Lipinski definition) is 3. The smallest absolute Gasteiger partial charge is 0.134 e. The molecule has 3 nitrogen and oxygen atoms in total. The topological polar surface area (TPSA) is 37.8 Å². The fourth-order valence-electron chi connectivity index (χ4n) is 2.16. The Balaban J connectivity index is 2.03. The molecule has 0 spiro atoms. The van der Waals surface area contributed by atoms with Gasteiger partial charge in [0.25, 0.3) is 0 Å². The summed E-state index contributed by atoms with van der Waals surface area (Å²) in [5.41, 5.74) is 0. The largest absolute Gasteiger partial charge is 0.367 e. The molecule has 0 saturated heterocycles. The highest BCUT2D eigenvalue weighted by Crippen LogP contribution is 2.30. The first-order chi connectivity index (χ1) is 8.19. The molecule has 0 aliphatic heterocycles. The molecule has 1 atom stereocenters.